The Balaban J connectivity index is 1.66. The highest BCUT2D eigenvalue weighted by Crippen LogP contribution is 2.30. The molecule has 0 fully saturated rings. The van der Waals surface area contributed by atoms with Gasteiger partial charge in [0.25, 0.3) is 0 Å². The van der Waals surface area contributed by atoms with E-state index in [1.165, 1.54) is 0 Å². The van der Waals surface area contributed by atoms with Gasteiger partial charge in [-0.05, 0) is 35.2 Å². The number of carbonyl (C=O) groups excluding carboxylic acids is 1. The summed E-state index contributed by atoms with van der Waals surface area (Å²) in [6, 6.07) is 14.0. The summed E-state index contributed by atoms with van der Waals surface area (Å²) in [5.41, 5.74) is 3.81. The van der Waals surface area contributed by atoms with Crippen molar-refractivity contribution < 1.29 is 13.9 Å². The van der Waals surface area contributed by atoms with Crippen molar-refractivity contribution in [3.05, 3.63) is 65.4 Å². The largest absolute Gasteiger partial charge is 0.493 e. The highest BCUT2D eigenvalue weighted by Gasteiger charge is 2.17. The molecule has 2 aromatic carbocycles. The number of benzene rings is 2. The van der Waals surface area contributed by atoms with E-state index in [1.54, 1.807) is 6.92 Å². The molecule has 3 aromatic rings. The maximum atomic E-state index is 12.3. The van der Waals surface area contributed by atoms with Gasteiger partial charge in [-0.2, -0.15) is 0 Å². The van der Waals surface area contributed by atoms with E-state index in [-0.39, 0.29) is 5.78 Å². The quantitative estimate of drug-likeness (QED) is 0.724. The molecule has 0 N–H and O–H groups in total. The molecule has 0 bridgehead atoms. The molecule has 0 aliphatic carbocycles. The molecule has 0 radical (unpaired) electrons. The minimum atomic E-state index is 0.145. The van der Waals surface area contributed by atoms with Crippen LogP contribution in [-0.2, 0) is 6.42 Å². The molecule has 0 spiro atoms. The number of aryl methyl sites for hydroxylation is 1. The Morgan fingerprint density at radius 2 is 1.96 bits per heavy atom. The first kappa shape index (κ1) is 15.6. The van der Waals surface area contributed by atoms with Gasteiger partial charge in [-0.1, -0.05) is 30.3 Å². The van der Waals surface area contributed by atoms with E-state index in [4.69, 9.17) is 9.15 Å². The monoisotopic (exact) mass is 334 g/mol. The number of ether oxygens (including phenoxy) is 1. The van der Waals surface area contributed by atoms with E-state index in [1.807, 2.05) is 36.4 Å². The Labute approximate surface area is 145 Å². The van der Waals surface area contributed by atoms with Crippen LogP contribution in [0.2, 0.25) is 0 Å². The van der Waals surface area contributed by atoms with E-state index in [0.717, 1.165) is 23.1 Å². The maximum Gasteiger partial charge on any atom is 0.220 e. The third-order valence-corrected chi connectivity index (χ3v) is 4.27. The average molecular weight is 334 g/mol. The zero-order chi connectivity index (χ0) is 17.2. The number of rotatable bonds is 3. The second kappa shape index (κ2) is 6.51. The average Bonchev–Trinajstić information content (AvgIpc) is 2.93. The molecule has 1 aliphatic heterocycles. The second-order valence-corrected chi connectivity index (χ2v) is 6.18. The molecule has 0 saturated carbocycles. The van der Waals surface area contributed by atoms with Gasteiger partial charge in [0.05, 0.1) is 18.6 Å². The predicted molar refractivity (Wildman–Crippen MR) is 92.8 cm³/mol. The van der Waals surface area contributed by atoms with Crippen LogP contribution in [0.5, 0.6) is 5.75 Å². The number of Topliss-reactive ketones (excluding diaryl/α,β-unsaturated/α-hetero) is 1. The van der Waals surface area contributed by atoms with Gasteiger partial charge in [-0.3, -0.25) is 4.79 Å². The van der Waals surface area contributed by atoms with E-state index in [0.29, 0.717) is 42.5 Å². The first-order chi connectivity index (χ1) is 12.2. The number of aromatic nitrogens is 2. The van der Waals surface area contributed by atoms with E-state index < -0.39 is 0 Å². The maximum absolute atomic E-state index is 12.3. The number of ketones is 1. The van der Waals surface area contributed by atoms with Gasteiger partial charge in [0.15, 0.2) is 5.78 Å². The summed E-state index contributed by atoms with van der Waals surface area (Å²) >= 11 is 0. The van der Waals surface area contributed by atoms with Crippen molar-refractivity contribution in [3.63, 3.8) is 0 Å². The molecule has 0 unspecified atom stereocenters. The van der Waals surface area contributed by atoms with E-state index >= 15 is 0 Å². The summed E-state index contributed by atoms with van der Waals surface area (Å²) in [4.78, 5) is 12.3. The van der Waals surface area contributed by atoms with Crippen LogP contribution in [-0.4, -0.2) is 22.6 Å². The summed E-state index contributed by atoms with van der Waals surface area (Å²) in [5.74, 6) is 1.99. The van der Waals surface area contributed by atoms with Crippen molar-refractivity contribution >= 4 is 5.78 Å². The summed E-state index contributed by atoms with van der Waals surface area (Å²) in [6.07, 6.45) is 1.89. The Kier molecular flexibility index (Phi) is 4.06. The topological polar surface area (TPSA) is 65.2 Å². The second-order valence-electron chi connectivity index (χ2n) is 6.18. The van der Waals surface area contributed by atoms with Gasteiger partial charge in [-0.15, -0.1) is 10.2 Å². The van der Waals surface area contributed by atoms with Gasteiger partial charge in [0, 0.05) is 13.3 Å². The number of carbonyl (C=O) groups is 1. The number of hydrogen-bond acceptors (Lipinski definition) is 5. The Morgan fingerprint density at radius 1 is 1.08 bits per heavy atom. The highest BCUT2D eigenvalue weighted by atomic mass is 16.5. The van der Waals surface area contributed by atoms with Gasteiger partial charge >= 0.3 is 0 Å². The normalized spacial score (nSPS) is 13.9. The summed E-state index contributed by atoms with van der Waals surface area (Å²) < 4.78 is 11.1. The van der Waals surface area contributed by atoms with E-state index in [2.05, 4.69) is 16.3 Å². The van der Waals surface area contributed by atoms with Crippen LogP contribution in [0.15, 0.2) is 46.9 Å². The fraction of sp³-hybridized carbons (Fsp3) is 0.250. The van der Waals surface area contributed by atoms with Crippen molar-refractivity contribution in [3.8, 4) is 16.9 Å². The lowest BCUT2D eigenvalue weighted by atomic mass is 9.97. The van der Waals surface area contributed by atoms with Crippen molar-refractivity contribution in [1.82, 2.24) is 10.2 Å². The summed E-state index contributed by atoms with van der Waals surface area (Å²) in [6.45, 7) is 2.37. The molecule has 25 heavy (non-hydrogen) atoms. The fourth-order valence-electron chi connectivity index (χ4n) is 3.05. The van der Waals surface area contributed by atoms with Crippen LogP contribution in [0.4, 0.5) is 0 Å². The highest BCUT2D eigenvalue weighted by molar-refractivity contribution is 6.00. The molecule has 0 amide bonds. The lowest BCUT2D eigenvalue weighted by Gasteiger charge is -2.09. The molecular formula is C20H18N2O3. The first-order valence-electron chi connectivity index (χ1n) is 8.37. The Morgan fingerprint density at radius 3 is 2.80 bits per heavy atom. The minimum absolute atomic E-state index is 0.145. The van der Waals surface area contributed by atoms with Crippen LogP contribution in [0.25, 0.3) is 11.1 Å². The molecule has 4 rings (SSSR count). The molecule has 1 aliphatic rings. The smallest absolute Gasteiger partial charge is 0.220 e. The fourth-order valence-corrected chi connectivity index (χ4v) is 3.05. The van der Waals surface area contributed by atoms with Gasteiger partial charge < -0.3 is 9.15 Å². The lowest BCUT2D eigenvalue weighted by Crippen LogP contribution is -1.98. The zero-order valence-corrected chi connectivity index (χ0v) is 14.0. The number of hydrogen-bond donors (Lipinski definition) is 0. The van der Waals surface area contributed by atoms with Crippen LogP contribution < -0.4 is 4.74 Å². The van der Waals surface area contributed by atoms with Crippen LogP contribution in [0, 0.1) is 6.92 Å². The zero-order valence-electron chi connectivity index (χ0n) is 14.0. The van der Waals surface area contributed by atoms with Crippen LogP contribution >= 0.6 is 0 Å². The van der Waals surface area contributed by atoms with Crippen molar-refractivity contribution in [2.24, 2.45) is 0 Å². The molecule has 0 atom stereocenters. The molecule has 5 heteroatoms. The Bertz CT molecular complexity index is 930. The molecule has 126 valence electrons. The van der Waals surface area contributed by atoms with Gasteiger partial charge in [-0.25, -0.2) is 0 Å². The van der Waals surface area contributed by atoms with Crippen LogP contribution in [0.3, 0.4) is 0 Å². The first-order valence-corrected chi connectivity index (χ1v) is 8.37. The van der Waals surface area contributed by atoms with Gasteiger partial charge in [0.1, 0.15) is 5.75 Å². The predicted octanol–water partition coefficient (Wildman–Crippen LogP) is 3.99. The van der Waals surface area contributed by atoms with Gasteiger partial charge in [0.2, 0.25) is 11.8 Å². The SMILES string of the molecule is Cc1nnc(Cc2cccc(-c3ccc4c(c3)C(=O)CCCO4)c2)o1. The third kappa shape index (κ3) is 3.31. The van der Waals surface area contributed by atoms with Crippen LogP contribution in [0.1, 0.15) is 40.5 Å². The third-order valence-electron chi connectivity index (χ3n) is 4.27. The minimum Gasteiger partial charge on any atom is -0.493 e. The Hall–Kier alpha value is -2.95. The molecule has 1 aromatic heterocycles. The standard InChI is InChI=1S/C20H18N2O3/c1-13-21-22-20(25-13)11-14-4-2-5-15(10-14)16-7-8-19-17(12-16)18(23)6-3-9-24-19/h2,4-5,7-8,10,12H,3,6,9,11H2,1H3. The number of fused-ring (bicyclic) bond motifs is 1. The molecule has 2 heterocycles. The molecule has 5 nitrogen and oxygen atoms in total. The lowest BCUT2D eigenvalue weighted by molar-refractivity contribution is 0.0983. The van der Waals surface area contributed by atoms with Crippen molar-refractivity contribution in [2.75, 3.05) is 6.61 Å². The summed E-state index contributed by atoms with van der Waals surface area (Å²) in [5, 5.41) is 7.90. The van der Waals surface area contributed by atoms with E-state index in [9.17, 15) is 4.79 Å². The van der Waals surface area contributed by atoms with Crippen molar-refractivity contribution in [1.29, 1.82) is 0 Å². The number of nitrogens with zero attached hydrogens (tertiary/aromatic N) is 2. The summed E-state index contributed by atoms with van der Waals surface area (Å²) in [7, 11) is 0. The molecule has 0 saturated heterocycles. The van der Waals surface area contributed by atoms with Crippen molar-refractivity contribution in [2.45, 2.75) is 26.2 Å². The molecular weight excluding hydrogens is 316 g/mol.